The van der Waals surface area contributed by atoms with E-state index < -0.39 is 4.92 Å². The van der Waals surface area contributed by atoms with Gasteiger partial charge in [0.15, 0.2) is 4.80 Å². The Hall–Kier alpha value is -4.19. The fourth-order valence-corrected chi connectivity index (χ4v) is 8.24. The van der Waals surface area contributed by atoms with Crippen LogP contribution in [0.1, 0.15) is 40.3 Å². The number of nitro benzene ring substituents is 1. The minimum Gasteiger partial charge on any atom is -0.487 e. The molecule has 0 fully saturated rings. The third kappa shape index (κ3) is 5.60. The number of nitro groups is 1. The largest absolute Gasteiger partial charge is 0.487 e. The molecule has 0 amide bonds. The highest BCUT2D eigenvalue weighted by Crippen LogP contribution is 2.41. The van der Waals surface area contributed by atoms with Crippen LogP contribution in [0.4, 0.5) is 10.1 Å². The number of rotatable bonds is 6. The minimum atomic E-state index is -0.441. The van der Waals surface area contributed by atoms with Crippen LogP contribution in [0.5, 0.6) is 5.75 Å². The van der Waals surface area contributed by atoms with Gasteiger partial charge in [-0.3, -0.25) is 19.5 Å². The number of aromatic nitrogens is 1. The van der Waals surface area contributed by atoms with Gasteiger partial charge in [0.25, 0.3) is 11.2 Å². The Morgan fingerprint density at radius 2 is 1.73 bits per heavy atom. The molecule has 0 saturated carbocycles. The van der Waals surface area contributed by atoms with Gasteiger partial charge in [0.05, 0.1) is 30.1 Å². The molecule has 2 heterocycles. The van der Waals surface area contributed by atoms with Gasteiger partial charge < -0.3 is 4.74 Å². The summed E-state index contributed by atoms with van der Waals surface area (Å²) in [5.74, 6) is 0.236. The smallest absolute Gasteiger partial charge is 0.271 e. The van der Waals surface area contributed by atoms with Crippen molar-refractivity contribution in [3.63, 3.8) is 0 Å². The first-order valence-electron chi connectivity index (χ1n) is 14.0. The Kier molecular flexibility index (Phi) is 7.84. The maximum atomic E-state index is 14.0. The zero-order valence-corrected chi connectivity index (χ0v) is 27.4. The normalized spacial score (nSPS) is 15.6. The molecule has 0 N–H and O–H groups in total. The van der Waals surface area contributed by atoms with Crippen molar-refractivity contribution in [2.45, 2.75) is 25.5 Å². The van der Waals surface area contributed by atoms with E-state index in [2.05, 4.69) is 44.0 Å². The van der Waals surface area contributed by atoms with E-state index in [9.17, 15) is 19.3 Å². The van der Waals surface area contributed by atoms with Crippen LogP contribution in [0.15, 0.2) is 109 Å². The van der Waals surface area contributed by atoms with Crippen molar-refractivity contribution in [1.82, 2.24) is 4.57 Å². The molecule has 0 saturated heterocycles. The molecule has 7 rings (SSSR count). The average molecular weight is 747 g/mol. The number of ether oxygens (including phenoxy) is 1. The number of benzene rings is 4. The van der Waals surface area contributed by atoms with E-state index in [1.807, 2.05) is 30.3 Å². The predicted molar refractivity (Wildman–Crippen MR) is 178 cm³/mol. The summed E-state index contributed by atoms with van der Waals surface area (Å²) in [4.78, 5) is 30.2. The Labute approximate surface area is 277 Å². The number of non-ortho nitro benzene ring substituents is 1. The molecule has 2 aliphatic rings. The second kappa shape index (κ2) is 12.0. The summed E-state index contributed by atoms with van der Waals surface area (Å²) in [5, 5.41) is 10.9. The molecule has 1 aliphatic heterocycles. The van der Waals surface area contributed by atoms with Crippen molar-refractivity contribution >= 4 is 60.7 Å². The lowest BCUT2D eigenvalue weighted by atomic mass is 9.83. The summed E-state index contributed by atoms with van der Waals surface area (Å²) in [6.07, 6.45) is 3.42. The number of fused-ring (bicyclic) bond motifs is 3. The maximum absolute atomic E-state index is 14.0. The van der Waals surface area contributed by atoms with Crippen LogP contribution in [0.3, 0.4) is 0 Å². The third-order valence-electron chi connectivity index (χ3n) is 7.91. The standard InChI is InChI=1S/C34H22Br2FN3O4S/c35-27-15-20(16-28(36)32(27)44-18-19-5-12-24(13-6-19)40(42)43)17-29-33(41)39-31(22-7-10-23(37)11-8-22)26-14-9-21-3-1-2-4-25(21)30(26)38-34(39)45-29/h1-8,10-13,15-17,31H,9,14,18H2/b29-17-/t31-/m1/s1. The van der Waals surface area contributed by atoms with Crippen LogP contribution in [-0.4, -0.2) is 9.49 Å². The molecular weight excluding hydrogens is 725 g/mol. The molecular formula is C34H22Br2FN3O4S. The number of nitrogens with zero attached hydrogens (tertiary/aromatic N) is 3. The van der Waals surface area contributed by atoms with Gasteiger partial charge in [-0.1, -0.05) is 47.7 Å². The summed E-state index contributed by atoms with van der Waals surface area (Å²) in [5.41, 5.74) is 6.49. The highest BCUT2D eigenvalue weighted by atomic mass is 79.9. The van der Waals surface area contributed by atoms with Gasteiger partial charge in [0.2, 0.25) is 0 Å². The van der Waals surface area contributed by atoms with Crippen molar-refractivity contribution in [2.75, 3.05) is 0 Å². The van der Waals surface area contributed by atoms with Crippen LogP contribution in [0.2, 0.25) is 0 Å². The highest BCUT2D eigenvalue weighted by Gasteiger charge is 2.32. The minimum absolute atomic E-state index is 0.0183. The Bertz CT molecular complexity index is 2190. The van der Waals surface area contributed by atoms with E-state index in [1.54, 1.807) is 28.8 Å². The monoisotopic (exact) mass is 745 g/mol. The van der Waals surface area contributed by atoms with E-state index in [0.29, 0.717) is 24.0 Å². The van der Waals surface area contributed by atoms with Gasteiger partial charge in [-0.2, -0.15) is 0 Å². The molecule has 0 unspecified atom stereocenters. The number of aryl methyl sites for hydroxylation is 1. The fourth-order valence-electron chi connectivity index (χ4n) is 5.79. The van der Waals surface area contributed by atoms with E-state index in [0.717, 1.165) is 46.4 Å². The van der Waals surface area contributed by atoms with E-state index in [1.165, 1.54) is 41.2 Å². The van der Waals surface area contributed by atoms with Crippen molar-refractivity contribution in [3.05, 3.63) is 163 Å². The zero-order valence-electron chi connectivity index (χ0n) is 23.4. The Balaban J connectivity index is 1.27. The van der Waals surface area contributed by atoms with Crippen LogP contribution in [-0.2, 0) is 13.0 Å². The molecule has 1 aromatic heterocycles. The van der Waals surface area contributed by atoms with E-state index in [4.69, 9.17) is 9.73 Å². The lowest BCUT2D eigenvalue weighted by Crippen LogP contribution is -2.38. The average Bonchev–Trinajstić information content (AvgIpc) is 3.34. The summed E-state index contributed by atoms with van der Waals surface area (Å²) < 4.78 is 23.6. The predicted octanol–water partition coefficient (Wildman–Crippen LogP) is 7.47. The van der Waals surface area contributed by atoms with Gasteiger partial charge in [0.1, 0.15) is 18.2 Å². The number of halogens is 3. The molecule has 11 heteroatoms. The lowest BCUT2D eigenvalue weighted by Gasteiger charge is -2.30. The van der Waals surface area contributed by atoms with Gasteiger partial charge in [-0.05, 0) is 115 Å². The fraction of sp³-hybridized carbons (Fsp3) is 0.118. The Morgan fingerprint density at radius 3 is 2.44 bits per heavy atom. The summed E-state index contributed by atoms with van der Waals surface area (Å²) >= 11 is 8.51. The topological polar surface area (TPSA) is 86.7 Å². The van der Waals surface area contributed by atoms with Gasteiger partial charge >= 0.3 is 0 Å². The molecule has 5 aromatic rings. The summed E-state index contributed by atoms with van der Waals surface area (Å²) in [6.45, 7) is 0.213. The quantitative estimate of drug-likeness (QED) is 0.133. The summed E-state index contributed by atoms with van der Waals surface area (Å²) in [7, 11) is 0. The van der Waals surface area contributed by atoms with Crippen LogP contribution in [0.25, 0.3) is 11.8 Å². The third-order valence-corrected chi connectivity index (χ3v) is 10.1. The number of hydrogen-bond donors (Lipinski definition) is 0. The first kappa shape index (κ1) is 29.5. The van der Waals surface area contributed by atoms with Gasteiger partial charge in [0, 0.05) is 17.7 Å². The molecule has 7 nitrogen and oxygen atoms in total. The van der Waals surface area contributed by atoms with E-state index >= 15 is 0 Å². The van der Waals surface area contributed by atoms with Crippen molar-refractivity contribution < 1.29 is 14.1 Å². The van der Waals surface area contributed by atoms with Gasteiger partial charge in [-0.25, -0.2) is 9.38 Å². The maximum Gasteiger partial charge on any atom is 0.271 e. The number of hydrogen-bond acceptors (Lipinski definition) is 6. The zero-order chi connectivity index (χ0) is 31.2. The number of thiazole rings is 1. The second-order valence-electron chi connectivity index (χ2n) is 10.7. The van der Waals surface area contributed by atoms with Crippen LogP contribution in [0, 0.1) is 15.9 Å². The Morgan fingerprint density at radius 1 is 1.02 bits per heavy atom. The molecule has 4 aromatic carbocycles. The molecule has 0 radical (unpaired) electrons. The first-order valence-corrected chi connectivity index (χ1v) is 16.4. The molecule has 0 bridgehead atoms. The SMILES string of the molecule is O=c1/c(=C/c2cc(Br)c(OCc3ccc([N+](=O)[O-])cc3)c(Br)c2)sc2n1[C@H](c1ccc(F)cc1)C1=C(N=2)c2ccccc2CC1. The van der Waals surface area contributed by atoms with Crippen LogP contribution < -0.4 is 19.6 Å². The second-order valence-corrected chi connectivity index (χ2v) is 13.4. The molecule has 1 atom stereocenters. The molecule has 224 valence electrons. The van der Waals surface area contributed by atoms with Crippen molar-refractivity contribution in [2.24, 2.45) is 4.99 Å². The molecule has 45 heavy (non-hydrogen) atoms. The van der Waals surface area contributed by atoms with Crippen molar-refractivity contribution in [1.29, 1.82) is 0 Å². The highest BCUT2D eigenvalue weighted by molar-refractivity contribution is 9.11. The number of allylic oxidation sites excluding steroid dienone is 1. The van der Waals surface area contributed by atoms with E-state index in [-0.39, 0.29) is 29.7 Å². The van der Waals surface area contributed by atoms with Gasteiger partial charge in [-0.15, -0.1) is 0 Å². The first-order chi connectivity index (χ1) is 21.8. The molecule has 0 spiro atoms. The summed E-state index contributed by atoms with van der Waals surface area (Å²) in [6, 6.07) is 24.1. The van der Waals surface area contributed by atoms with Crippen molar-refractivity contribution in [3.8, 4) is 5.75 Å². The molecule has 1 aliphatic carbocycles. The van der Waals surface area contributed by atoms with Crippen LogP contribution >= 0.6 is 43.2 Å². The lowest BCUT2D eigenvalue weighted by molar-refractivity contribution is -0.384.